The molecule has 2 aromatic rings. The highest BCUT2D eigenvalue weighted by atomic mass is 35.7. The van der Waals surface area contributed by atoms with Crippen LogP contribution in [0, 0.1) is 13.8 Å². The van der Waals surface area contributed by atoms with Gasteiger partial charge in [-0.05, 0) is 25.8 Å². The van der Waals surface area contributed by atoms with Crippen molar-refractivity contribution in [3.63, 3.8) is 0 Å². The van der Waals surface area contributed by atoms with Gasteiger partial charge in [-0.15, -0.1) is 10.2 Å². The van der Waals surface area contributed by atoms with Crippen molar-refractivity contribution in [1.82, 2.24) is 15.2 Å². The summed E-state index contributed by atoms with van der Waals surface area (Å²) in [6.45, 7) is 5.29. The van der Waals surface area contributed by atoms with E-state index in [-0.39, 0.29) is 10.8 Å². The summed E-state index contributed by atoms with van der Waals surface area (Å²) in [7, 11) is 1.61. The van der Waals surface area contributed by atoms with E-state index in [0.717, 1.165) is 6.42 Å². The molecule has 2 aromatic heterocycles. The monoisotopic (exact) mass is 303 g/mol. The minimum absolute atomic E-state index is 0.0689. The summed E-state index contributed by atoms with van der Waals surface area (Å²) >= 11 is 0. The summed E-state index contributed by atoms with van der Waals surface area (Å²) in [5.41, 5.74) is 1.43. The molecule has 0 amide bonds. The van der Waals surface area contributed by atoms with Crippen LogP contribution in [0.15, 0.2) is 9.31 Å². The summed E-state index contributed by atoms with van der Waals surface area (Å²) in [5, 5.41) is 7.82. The summed E-state index contributed by atoms with van der Waals surface area (Å²) < 4.78 is 28.5. The zero-order chi connectivity index (χ0) is 14.2. The Kier molecular flexibility index (Phi) is 3.69. The molecule has 0 atom stereocenters. The van der Waals surface area contributed by atoms with E-state index in [4.69, 9.17) is 15.1 Å². The average molecular weight is 304 g/mol. The predicted molar refractivity (Wildman–Crippen MR) is 70.6 cm³/mol. The van der Waals surface area contributed by atoms with Crippen LogP contribution >= 0.6 is 10.7 Å². The number of hydrogen-bond acceptors (Lipinski definition) is 5. The van der Waals surface area contributed by atoms with Crippen LogP contribution in [0.3, 0.4) is 0 Å². The quantitative estimate of drug-likeness (QED) is 0.877. The van der Waals surface area contributed by atoms with Gasteiger partial charge in [0, 0.05) is 22.8 Å². The summed E-state index contributed by atoms with van der Waals surface area (Å²) in [5.74, 6) is 0.801. The maximum atomic E-state index is 11.5. The van der Waals surface area contributed by atoms with Gasteiger partial charge in [-0.1, -0.05) is 6.92 Å². The van der Waals surface area contributed by atoms with Crippen LogP contribution in [0.4, 0.5) is 0 Å². The fourth-order valence-electron chi connectivity index (χ4n) is 1.98. The third kappa shape index (κ3) is 2.66. The lowest BCUT2D eigenvalue weighted by atomic mass is 10.2. The van der Waals surface area contributed by atoms with Crippen LogP contribution in [-0.2, 0) is 15.5 Å². The Labute approximate surface area is 115 Å². The van der Waals surface area contributed by atoms with E-state index in [1.54, 1.807) is 13.8 Å². The molecular formula is C11H14ClN3O3S. The number of hydrogen-bond donors (Lipinski definition) is 1. The molecule has 104 valence electrons. The fraction of sp³-hybridized carbons (Fsp3) is 0.455. The number of rotatable bonds is 4. The van der Waals surface area contributed by atoms with E-state index in [1.165, 1.54) is 0 Å². The minimum atomic E-state index is -3.80. The lowest BCUT2D eigenvalue weighted by molar-refractivity contribution is 0.500. The maximum Gasteiger partial charge on any atom is 0.264 e. The molecule has 2 rings (SSSR count). The molecule has 1 N–H and O–H groups in total. The number of H-pyrrole nitrogens is 1. The molecule has 8 heteroatoms. The van der Waals surface area contributed by atoms with Crippen LogP contribution in [-0.4, -0.2) is 23.6 Å². The van der Waals surface area contributed by atoms with Crippen LogP contribution in [0.1, 0.15) is 30.5 Å². The standard InChI is InChI=1S/C11H14ClN3O3S/c1-4-5-8-14-15-11(18-8)9-6(2)10(7(3)13-9)19(12,16)17/h13H,4-5H2,1-3H3. The lowest BCUT2D eigenvalue weighted by Crippen LogP contribution is -1.93. The molecule has 0 aliphatic rings. The molecule has 0 fully saturated rings. The Balaban J connectivity index is 2.52. The van der Waals surface area contributed by atoms with E-state index in [2.05, 4.69) is 15.2 Å². The Bertz CT molecular complexity index is 703. The van der Waals surface area contributed by atoms with E-state index in [9.17, 15) is 8.42 Å². The average Bonchev–Trinajstić information content (AvgIpc) is 2.83. The molecule has 0 aliphatic heterocycles. The first kappa shape index (κ1) is 14.1. The highest BCUT2D eigenvalue weighted by molar-refractivity contribution is 8.13. The van der Waals surface area contributed by atoms with Crippen molar-refractivity contribution < 1.29 is 12.8 Å². The van der Waals surface area contributed by atoms with Crippen molar-refractivity contribution in [2.45, 2.75) is 38.5 Å². The van der Waals surface area contributed by atoms with E-state index < -0.39 is 9.05 Å². The second-order valence-electron chi connectivity index (χ2n) is 4.27. The zero-order valence-electron chi connectivity index (χ0n) is 10.8. The molecule has 0 aliphatic carbocycles. The predicted octanol–water partition coefficient (Wildman–Crippen LogP) is 2.56. The second-order valence-corrected chi connectivity index (χ2v) is 6.77. The van der Waals surface area contributed by atoms with Gasteiger partial charge in [-0.25, -0.2) is 8.42 Å². The van der Waals surface area contributed by atoms with Gasteiger partial charge in [0.25, 0.3) is 14.9 Å². The molecule has 0 radical (unpaired) electrons. The number of aryl methyl sites for hydroxylation is 2. The molecule has 0 bridgehead atoms. The highest BCUT2D eigenvalue weighted by Crippen LogP contribution is 2.31. The Morgan fingerprint density at radius 3 is 2.53 bits per heavy atom. The number of nitrogens with one attached hydrogen (secondary N) is 1. The van der Waals surface area contributed by atoms with Crippen LogP contribution in [0.5, 0.6) is 0 Å². The molecular weight excluding hydrogens is 290 g/mol. The Morgan fingerprint density at radius 1 is 1.32 bits per heavy atom. The van der Waals surface area contributed by atoms with Gasteiger partial charge in [0.05, 0.1) is 0 Å². The summed E-state index contributed by atoms with van der Waals surface area (Å²) in [4.78, 5) is 3.00. The van der Waals surface area contributed by atoms with E-state index in [0.29, 0.717) is 29.3 Å². The van der Waals surface area contributed by atoms with Crippen molar-refractivity contribution in [2.24, 2.45) is 0 Å². The Morgan fingerprint density at radius 2 is 2.00 bits per heavy atom. The first-order valence-corrected chi connectivity index (χ1v) is 8.12. The molecule has 0 saturated carbocycles. The molecule has 2 heterocycles. The number of aromatic nitrogens is 3. The molecule has 0 spiro atoms. The minimum Gasteiger partial charge on any atom is -0.419 e. The van der Waals surface area contributed by atoms with Crippen molar-refractivity contribution in [3.05, 3.63) is 17.1 Å². The first-order valence-electron chi connectivity index (χ1n) is 5.81. The van der Waals surface area contributed by atoms with Gasteiger partial charge in [0.15, 0.2) is 0 Å². The van der Waals surface area contributed by atoms with Crippen molar-refractivity contribution >= 4 is 19.7 Å². The smallest absolute Gasteiger partial charge is 0.264 e. The third-order valence-corrected chi connectivity index (χ3v) is 4.32. The summed E-state index contributed by atoms with van der Waals surface area (Å²) in [6, 6.07) is 0. The zero-order valence-corrected chi connectivity index (χ0v) is 12.4. The molecule has 0 unspecified atom stereocenters. The van der Waals surface area contributed by atoms with Gasteiger partial charge in [-0.3, -0.25) is 0 Å². The topological polar surface area (TPSA) is 88.9 Å². The third-order valence-electron chi connectivity index (χ3n) is 2.76. The highest BCUT2D eigenvalue weighted by Gasteiger charge is 2.24. The second kappa shape index (κ2) is 4.97. The van der Waals surface area contributed by atoms with E-state index in [1.807, 2.05) is 6.92 Å². The molecule has 6 nitrogen and oxygen atoms in total. The SMILES string of the molecule is CCCc1nnc(-c2[nH]c(C)c(S(=O)(=O)Cl)c2C)o1. The summed E-state index contributed by atoms with van der Waals surface area (Å²) in [6.07, 6.45) is 1.58. The van der Waals surface area contributed by atoms with Gasteiger partial charge in [0.2, 0.25) is 5.89 Å². The first-order chi connectivity index (χ1) is 8.84. The molecule has 19 heavy (non-hydrogen) atoms. The normalized spacial score (nSPS) is 12.0. The fourth-order valence-corrected chi connectivity index (χ4v) is 3.56. The molecule has 0 saturated heterocycles. The largest absolute Gasteiger partial charge is 0.419 e. The van der Waals surface area contributed by atoms with Crippen LogP contribution < -0.4 is 0 Å². The number of halogens is 1. The van der Waals surface area contributed by atoms with Crippen molar-refractivity contribution in [3.8, 4) is 11.6 Å². The number of nitrogens with zero attached hydrogens (tertiary/aromatic N) is 2. The Hall–Kier alpha value is -1.34. The number of aromatic amines is 1. The maximum absolute atomic E-state index is 11.5. The van der Waals surface area contributed by atoms with Crippen LogP contribution in [0.25, 0.3) is 11.6 Å². The van der Waals surface area contributed by atoms with Gasteiger partial charge >= 0.3 is 0 Å². The van der Waals surface area contributed by atoms with Gasteiger partial charge in [-0.2, -0.15) is 0 Å². The molecule has 0 aromatic carbocycles. The van der Waals surface area contributed by atoms with Crippen molar-refractivity contribution in [1.29, 1.82) is 0 Å². The van der Waals surface area contributed by atoms with Gasteiger partial charge in [0.1, 0.15) is 10.6 Å². The van der Waals surface area contributed by atoms with Crippen molar-refractivity contribution in [2.75, 3.05) is 0 Å². The lowest BCUT2D eigenvalue weighted by Gasteiger charge is -1.96. The van der Waals surface area contributed by atoms with Crippen LogP contribution in [0.2, 0.25) is 0 Å². The van der Waals surface area contributed by atoms with Gasteiger partial charge < -0.3 is 9.40 Å². The van der Waals surface area contributed by atoms with E-state index >= 15 is 0 Å².